The summed E-state index contributed by atoms with van der Waals surface area (Å²) >= 11 is 0. The second-order valence-corrected chi connectivity index (χ2v) is 7.99. The van der Waals surface area contributed by atoms with Crippen LogP contribution in [0.4, 0.5) is 11.4 Å². The summed E-state index contributed by atoms with van der Waals surface area (Å²) in [6, 6.07) is 35.2. The van der Waals surface area contributed by atoms with Crippen molar-refractivity contribution >= 4 is 23.2 Å². The highest BCUT2D eigenvalue weighted by Gasteiger charge is 2.06. The lowest BCUT2D eigenvalue weighted by Gasteiger charge is -2.09. The predicted molar refractivity (Wildman–Crippen MR) is 179 cm³/mol. The van der Waals surface area contributed by atoms with Crippen molar-refractivity contribution in [3.8, 4) is 0 Å². The van der Waals surface area contributed by atoms with E-state index in [4.69, 9.17) is 0 Å². The number of benzene rings is 4. The summed E-state index contributed by atoms with van der Waals surface area (Å²) in [7, 11) is 0. The first-order chi connectivity index (χ1) is 20.1. The van der Waals surface area contributed by atoms with Gasteiger partial charge in [-0.1, -0.05) is 140 Å². The molecule has 0 bridgehead atoms. The van der Waals surface area contributed by atoms with Gasteiger partial charge in [0.25, 0.3) is 0 Å². The van der Waals surface area contributed by atoms with Crippen LogP contribution in [0.5, 0.6) is 0 Å². The monoisotopic (exact) mass is 554 g/mol. The van der Waals surface area contributed by atoms with E-state index < -0.39 is 0 Å². The molecular formula is C37H50N2O2. The molecule has 0 fully saturated rings. The molecule has 4 aromatic rings. The van der Waals surface area contributed by atoms with E-state index in [2.05, 4.69) is 10.6 Å². The zero-order valence-electron chi connectivity index (χ0n) is 26.3. The molecule has 0 aromatic heterocycles. The van der Waals surface area contributed by atoms with Gasteiger partial charge < -0.3 is 10.6 Å². The van der Waals surface area contributed by atoms with Crippen LogP contribution in [-0.2, 0) is 28.9 Å². The van der Waals surface area contributed by atoms with Gasteiger partial charge in [0.1, 0.15) is 0 Å². The first kappa shape index (κ1) is 36.8. The van der Waals surface area contributed by atoms with Crippen molar-refractivity contribution in [2.24, 2.45) is 0 Å². The topological polar surface area (TPSA) is 58.2 Å². The molecule has 0 saturated heterocycles. The van der Waals surface area contributed by atoms with Crippen LogP contribution in [0.1, 0.15) is 77.6 Å². The molecule has 0 heterocycles. The van der Waals surface area contributed by atoms with Crippen molar-refractivity contribution in [1.29, 1.82) is 0 Å². The van der Waals surface area contributed by atoms with Gasteiger partial charge in [0.2, 0.25) is 11.8 Å². The molecule has 0 aliphatic heterocycles. The zero-order chi connectivity index (χ0) is 30.9. The van der Waals surface area contributed by atoms with E-state index in [0.717, 1.165) is 40.0 Å². The molecule has 4 rings (SSSR count). The molecule has 4 aromatic carbocycles. The summed E-state index contributed by atoms with van der Waals surface area (Å²) in [4.78, 5) is 24.5. The highest BCUT2D eigenvalue weighted by Crippen LogP contribution is 2.17. The van der Waals surface area contributed by atoms with Gasteiger partial charge in [0, 0.05) is 11.4 Å². The molecule has 4 heteroatoms. The Kier molecular flexibility index (Phi) is 21.3. The fraction of sp³-hybridized carbons (Fsp3) is 0.297. The van der Waals surface area contributed by atoms with Crippen LogP contribution in [0.2, 0.25) is 0 Å². The molecule has 220 valence electrons. The van der Waals surface area contributed by atoms with Gasteiger partial charge in [-0.2, -0.15) is 0 Å². The smallest absolute Gasteiger partial charge is 0.228 e. The van der Waals surface area contributed by atoms with E-state index in [1.165, 1.54) is 0 Å². The van der Waals surface area contributed by atoms with Gasteiger partial charge in [0.05, 0.1) is 12.8 Å². The molecule has 2 amide bonds. The number of carbonyl (C=O) groups excluding carboxylic acids is 2. The molecule has 0 unspecified atom stereocenters. The highest BCUT2D eigenvalue weighted by atomic mass is 16.2. The molecule has 0 saturated carbocycles. The quantitative estimate of drug-likeness (QED) is 0.228. The fourth-order valence-corrected chi connectivity index (χ4v) is 3.62. The Morgan fingerprint density at radius 3 is 1.00 bits per heavy atom. The average molecular weight is 555 g/mol. The highest BCUT2D eigenvalue weighted by molar-refractivity contribution is 5.92. The number of hydrogen-bond acceptors (Lipinski definition) is 2. The zero-order valence-corrected chi connectivity index (χ0v) is 26.3. The molecular weight excluding hydrogens is 504 g/mol. The Bertz CT molecular complexity index is 1090. The van der Waals surface area contributed by atoms with Crippen molar-refractivity contribution in [1.82, 2.24) is 0 Å². The maximum Gasteiger partial charge on any atom is 0.228 e. The summed E-state index contributed by atoms with van der Waals surface area (Å²) in [6.45, 7) is 16.0. The van der Waals surface area contributed by atoms with Gasteiger partial charge in [0.15, 0.2) is 0 Å². The number of hydrogen-bond donors (Lipinski definition) is 2. The lowest BCUT2D eigenvalue weighted by atomic mass is 10.0. The van der Waals surface area contributed by atoms with Crippen LogP contribution in [0, 0.1) is 0 Å². The summed E-state index contributed by atoms with van der Waals surface area (Å²) in [6.07, 6.45) is 1.49. The van der Waals surface area contributed by atoms with Crippen LogP contribution in [0.15, 0.2) is 109 Å². The number of carbonyl (C=O) groups is 2. The van der Waals surface area contributed by atoms with E-state index in [9.17, 15) is 9.59 Å². The summed E-state index contributed by atoms with van der Waals surface area (Å²) in [5.74, 6) is -0.0577. The van der Waals surface area contributed by atoms with Gasteiger partial charge >= 0.3 is 0 Å². The largest absolute Gasteiger partial charge is 0.326 e. The van der Waals surface area contributed by atoms with E-state index in [0.29, 0.717) is 12.8 Å². The second kappa shape index (κ2) is 23.7. The molecule has 0 radical (unpaired) electrons. The lowest BCUT2D eigenvalue weighted by Crippen LogP contribution is -2.14. The number of amides is 2. The van der Waals surface area contributed by atoms with E-state index in [-0.39, 0.29) is 11.8 Å². The van der Waals surface area contributed by atoms with Crippen LogP contribution >= 0.6 is 0 Å². The fourth-order valence-electron chi connectivity index (χ4n) is 3.62. The van der Waals surface area contributed by atoms with E-state index in [1.54, 1.807) is 0 Å². The van der Waals surface area contributed by atoms with Crippen LogP contribution < -0.4 is 10.6 Å². The van der Waals surface area contributed by atoms with E-state index >= 15 is 0 Å². The number of nitrogens with one attached hydrogen (secondary N) is 2. The third-order valence-corrected chi connectivity index (χ3v) is 5.30. The van der Waals surface area contributed by atoms with Crippen molar-refractivity contribution in [2.75, 3.05) is 10.6 Å². The Morgan fingerprint density at radius 2 is 0.707 bits per heavy atom. The van der Waals surface area contributed by atoms with Crippen molar-refractivity contribution in [3.05, 3.63) is 131 Å². The Morgan fingerprint density at radius 1 is 0.415 bits per heavy atom. The summed E-state index contributed by atoms with van der Waals surface area (Å²) < 4.78 is 0. The maximum absolute atomic E-state index is 12.2. The number of rotatable bonds is 8. The minimum atomic E-state index is -0.0288. The minimum Gasteiger partial charge on any atom is -0.326 e. The van der Waals surface area contributed by atoms with Crippen molar-refractivity contribution in [2.45, 2.75) is 74.7 Å². The first-order valence-corrected chi connectivity index (χ1v) is 15.0. The molecule has 41 heavy (non-hydrogen) atoms. The normalized spacial score (nSPS) is 8.98. The molecule has 0 spiro atoms. The van der Waals surface area contributed by atoms with Gasteiger partial charge in [-0.3, -0.25) is 9.59 Å². The lowest BCUT2D eigenvalue weighted by molar-refractivity contribution is -0.116. The second-order valence-electron chi connectivity index (χ2n) is 7.99. The molecule has 2 N–H and O–H groups in total. The third-order valence-electron chi connectivity index (χ3n) is 5.30. The summed E-state index contributed by atoms with van der Waals surface area (Å²) in [5.41, 5.74) is 5.86. The SMILES string of the molecule is CC.CC.CC.CC.O=C(Cc1ccccc1)Nc1ccc(Cc2ccc(NC(=O)Cc3ccccc3)cc2)cc1. The minimum absolute atomic E-state index is 0.0288. The Balaban J connectivity index is 0.00000184. The first-order valence-electron chi connectivity index (χ1n) is 15.0. The standard InChI is InChI=1S/C29H26N2O2.4C2H6/c32-28(20-22-7-3-1-4-8-22)30-26-15-11-24(12-16-26)19-25-13-17-27(18-14-25)31-29(33)21-23-9-5-2-6-10-23;4*1-2/h1-18H,19-21H2,(H,30,32)(H,31,33);4*1-2H3. The third kappa shape index (κ3) is 15.3. The van der Waals surface area contributed by atoms with Gasteiger partial charge in [-0.25, -0.2) is 0 Å². The molecule has 0 atom stereocenters. The van der Waals surface area contributed by atoms with Crippen molar-refractivity contribution in [3.63, 3.8) is 0 Å². The summed E-state index contributed by atoms with van der Waals surface area (Å²) in [5, 5.41) is 5.89. The molecule has 4 nitrogen and oxygen atoms in total. The van der Waals surface area contributed by atoms with Crippen LogP contribution in [0.3, 0.4) is 0 Å². The van der Waals surface area contributed by atoms with Crippen LogP contribution in [-0.4, -0.2) is 11.8 Å². The maximum atomic E-state index is 12.2. The van der Waals surface area contributed by atoms with Gasteiger partial charge in [-0.05, 0) is 52.9 Å². The average Bonchev–Trinajstić information content (AvgIpc) is 3.04. The predicted octanol–water partition coefficient (Wildman–Crippen LogP) is 9.74. The molecule has 0 aliphatic carbocycles. The Hall–Kier alpha value is -4.18. The number of anilines is 2. The Labute approximate surface area is 249 Å². The van der Waals surface area contributed by atoms with Gasteiger partial charge in [-0.15, -0.1) is 0 Å². The van der Waals surface area contributed by atoms with E-state index in [1.807, 2.05) is 165 Å². The van der Waals surface area contributed by atoms with Crippen molar-refractivity contribution < 1.29 is 9.59 Å². The molecule has 0 aliphatic rings. The van der Waals surface area contributed by atoms with Crippen LogP contribution in [0.25, 0.3) is 0 Å².